The number of hydrogen-bond acceptors (Lipinski definition) is 4. The molecule has 2 fully saturated rings. The fraction of sp³-hybridized carbons (Fsp3) is 0.412. The zero-order valence-corrected chi connectivity index (χ0v) is 14.4. The van der Waals surface area contributed by atoms with E-state index < -0.39 is 17.3 Å². The molecular weight excluding hydrogens is 369 g/mol. The highest BCUT2D eigenvalue weighted by Gasteiger charge is 2.34. The van der Waals surface area contributed by atoms with Gasteiger partial charge in [0.1, 0.15) is 5.02 Å². The zero-order valence-electron chi connectivity index (χ0n) is 13.6. The Morgan fingerprint density at radius 3 is 2.54 bits per heavy atom. The maximum absolute atomic E-state index is 12.9. The molecule has 2 aromatic rings. The normalized spacial score (nSPS) is 22.7. The Morgan fingerprint density at radius 1 is 1.19 bits per heavy atom. The van der Waals surface area contributed by atoms with Gasteiger partial charge in [0.15, 0.2) is 0 Å². The number of benzene rings is 1. The van der Waals surface area contributed by atoms with Crippen LogP contribution in [-0.4, -0.2) is 35.0 Å². The molecule has 0 radical (unpaired) electrons. The highest BCUT2D eigenvalue weighted by atomic mass is 35.5. The summed E-state index contributed by atoms with van der Waals surface area (Å²) in [7, 11) is 0. The number of piperazine rings is 1. The fourth-order valence-electron chi connectivity index (χ4n) is 3.64. The molecule has 0 spiro atoms. The molecule has 1 aromatic carbocycles. The van der Waals surface area contributed by atoms with Crippen molar-refractivity contribution in [3.05, 3.63) is 51.4 Å². The minimum atomic E-state index is -4.50. The Labute approximate surface area is 152 Å². The molecule has 2 aliphatic heterocycles. The van der Waals surface area contributed by atoms with Crippen LogP contribution in [0.1, 0.15) is 18.4 Å². The minimum absolute atomic E-state index is 0.0265. The number of fused-ring (bicyclic) bond motifs is 2. The van der Waals surface area contributed by atoms with Gasteiger partial charge in [0, 0.05) is 25.2 Å². The second kappa shape index (κ2) is 6.28. The lowest BCUT2D eigenvalue weighted by Gasteiger charge is -2.34. The van der Waals surface area contributed by atoms with Crippen molar-refractivity contribution in [3.8, 4) is 5.69 Å². The summed E-state index contributed by atoms with van der Waals surface area (Å²) >= 11 is 6.27. The smallest absolute Gasteiger partial charge is 0.366 e. The van der Waals surface area contributed by atoms with Crippen molar-refractivity contribution in [1.82, 2.24) is 15.1 Å². The van der Waals surface area contributed by atoms with E-state index in [-0.39, 0.29) is 10.7 Å². The largest absolute Gasteiger partial charge is 0.416 e. The maximum Gasteiger partial charge on any atom is 0.416 e. The van der Waals surface area contributed by atoms with Crippen LogP contribution in [0.15, 0.2) is 35.3 Å². The number of nitrogens with one attached hydrogen (secondary N) is 1. The number of halogens is 4. The van der Waals surface area contributed by atoms with Gasteiger partial charge in [-0.1, -0.05) is 17.7 Å². The molecule has 26 heavy (non-hydrogen) atoms. The second-order valence-electron chi connectivity index (χ2n) is 6.65. The van der Waals surface area contributed by atoms with E-state index in [1.807, 2.05) is 4.90 Å². The SMILES string of the molecule is O=c1c(Cl)c(N2CC3CCC(C2)N3)cnn1-c1cccc(C(F)(F)F)c1. The number of alkyl halides is 3. The first kappa shape index (κ1) is 17.4. The molecule has 2 atom stereocenters. The van der Waals surface area contributed by atoms with E-state index in [2.05, 4.69) is 10.4 Å². The van der Waals surface area contributed by atoms with Crippen LogP contribution < -0.4 is 15.8 Å². The molecule has 9 heteroatoms. The number of hydrogen-bond donors (Lipinski definition) is 1. The van der Waals surface area contributed by atoms with Gasteiger partial charge < -0.3 is 10.2 Å². The Kier molecular flexibility index (Phi) is 4.19. The van der Waals surface area contributed by atoms with Crippen molar-refractivity contribution >= 4 is 17.3 Å². The van der Waals surface area contributed by atoms with Gasteiger partial charge in [-0.2, -0.15) is 23.0 Å². The van der Waals surface area contributed by atoms with E-state index in [1.165, 1.54) is 18.3 Å². The first-order chi connectivity index (χ1) is 12.3. The van der Waals surface area contributed by atoms with Crippen molar-refractivity contribution in [3.63, 3.8) is 0 Å². The zero-order chi connectivity index (χ0) is 18.5. The third-order valence-corrected chi connectivity index (χ3v) is 5.23. The Hall–Kier alpha value is -2.06. The predicted octanol–water partition coefficient (Wildman–Crippen LogP) is 2.85. The molecule has 2 bridgehead atoms. The van der Waals surface area contributed by atoms with Gasteiger partial charge >= 0.3 is 6.18 Å². The first-order valence-electron chi connectivity index (χ1n) is 8.29. The summed E-state index contributed by atoms with van der Waals surface area (Å²) in [4.78, 5) is 14.6. The average molecular weight is 385 g/mol. The third kappa shape index (κ3) is 3.07. The number of rotatable bonds is 2. The molecule has 1 N–H and O–H groups in total. The lowest BCUT2D eigenvalue weighted by molar-refractivity contribution is -0.137. The number of anilines is 1. The molecule has 5 nitrogen and oxygen atoms in total. The minimum Gasteiger partial charge on any atom is -0.366 e. The Morgan fingerprint density at radius 2 is 1.88 bits per heavy atom. The van der Waals surface area contributed by atoms with Gasteiger partial charge in [0.05, 0.1) is 23.1 Å². The molecule has 0 saturated carbocycles. The molecular formula is C17H16ClF3N4O. The molecule has 2 aliphatic rings. The van der Waals surface area contributed by atoms with Crippen LogP contribution >= 0.6 is 11.6 Å². The number of nitrogens with zero attached hydrogens (tertiary/aromatic N) is 3. The van der Waals surface area contributed by atoms with E-state index in [4.69, 9.17) is 11.6 Å². The summed E-state index contributed by atoms with van der Waals surface area (Å²) in [6.45, 7) is 1.45. The lowest BCUT2D eigenvalue weighted by atomic mass is 10.2. The van der Waals surface area contributed by atoms with Crippen molar-refractivity contribution in [1.29, 1.82) is 0 Å². The van der Waals surface area contributed by atoms with Gasteiger partial charge in [0.2, 0.25) is 0 Å². The first-order valence-corrected chi connectivity index (χ1v) is 8.67. The van der Waals surface area contributed by atoms with Crippen LogP contribution in [0.2, 0.25) is 5.02 Å². The van der Waals surface area contributed by atoms with E-state index in [0.29, 0.717) is 17.8 Å². The molecule has 2 saturated heterocycles. The van der Waals surface area contributed by atoms with E-state index in [9.17, 15) is 18.0 Å². The summed E-state index contributed by atoms with van der Waals surface area (Å²) in [5.74, 6) is 0. The Bertz CT molecular complexity index is 886. The van der Waals surface area contributed by atoms with Crippen LogP contribution in [0.4, 0.5) is 18.9 Å². The summed E-state index contributed by atoms with van der Waals surface area (Å²) in [6, 6.07) is 5.18. The van der Waals surface area contributed by atoms with Crippen LogP contribution in [0, 0.1) is 0 Å². The number of aromatic nitrogens is 2. The summed E-state index contributed by atoms with van der Waals surface area (Å²) in [5, 5.41) is 7.53. The van der Waals surface area contributed by atoms with E-state index in [0.717, 1.165) is 42.7 Å². The van der Waals surface area contributed by atoms with Crippen molar-refractivity contribution in [2.45, 2.75) is 31.1 Å². The standard InChI is InChI=1S/C17H16ClF3N4O/c18-15-14(24-8-11-4-5-12(9-24)23-11)7-22-25(16(15)26)13-3-1-2-10(6-13)17(19,20)21/h1-3,6-7,11-12,23H,4-5,8-9H2. The molecule has 1 aromatic heterocycles. The fourth-order valence-corrected chi connectivity index (χ4v) is 3.88. The topological polar surface area (TPSA) is 50.2 Å². The monoisotopic (exact) mass is 384 g/mol. The average Bonchev–Trinajstić information content (AvgIpc) is 2.94. The van der Waals surface area contributed by atoms with Crippen molar-refractivity contribution < 1.29 is 13.2 Å². The third-order valence-electron chi connectivity index (χ3n) is 4.88. The van der Waals surface area contributed by atoms with Crippen LogP contribution in [0.25, 0.3) is 5.69 Å². The summed E-state index contributed by atoms with van der Waals surface area (Å²) in [6.07, 6.45) is -0.890. The Balaban J connectivity index is 1.70. The van der Waals surface area contributed by atoms with Gasteiger partial charge in [-0.3, -0.25) is 4.79 Å². The van der Waals surface area contributed by atoms with E-state index in [1.54, 1.807) is 0 Å². The van der Waals surface area contributed by atoms with Crippen LogP contribution in [0.3, 0.4) is 0 Å². The quantitative estimate of drug-likeness (QED) is 0.865. The van der Waals surface area contributed by atoms with Crippen molar-refractivity contribution in [2.75, 3.05) is 18.0 Å². The molecule has 3 heterocycles. The molecule has 4 rings (SSSR count). The molecule has 0 aliphatic carbocycles. The highest BCUT2D eigenvalue weighted by molar-refractivity contribution is 6.33. The predicted molar refractivity (Wildman–Crippen MR) is 92.0 cm³/mol. The lowest BCUT2D eigenvalue weighted by Crippen LogP contribution is -2.51. The second-order valence-corrected chi connectivity index (χ2v) is 7.03. The van der Waals surface area contributed by atoms with Gasteiger partial charge in [-0.25, -0.2) is 0 Å². The highest BCUT2D eigenvalue weighted by Crippen LogP contribution is 2.31. The van der Waals surface area contributed by atoms with Gasteiger partial charge in [-0.15, -0.1) is 0 Å². The van der Waals surface area contributed by atoms with Gasteiger partial charge in [0.25, 0.3) is 5.56 Å². The molecule has 2 unspecified atom stereocenters. The summed E-state index contributed by atoms with van der Waals surface area (Å²) in [5.41, 5.74) is -0.922. The van der Waals surface area contributed by atoms with Gasteiger partial charge in [-0.05, 0) is 31.0 Å². The van der Waals surface area contributed by atoms with Crippen LogP contribution in [-0.2, 0) is 6.18 Å². The van der Waals surface area contributed by atoms with Crippen molar-refractivity contribution in [2.24, 2.45) is 0 Å². The molecule has 138 valence electrons. The maximum atomic E-state index is 12.9. The summed E-state index contributed by atoms with van der Waals surface area (Å²) < 4.78 is 39.6. The van der Waals surface area contributed by atoms with Crippen LogP contribution in [0.5, 0.6) is 0 Å². The molecule has 0 amide bonds. The van der Waals surface area contributed by atoms with E-state index >= 15 is 0 Å².